The minimum atomic E-state index is -0.452. The molecule has 1 atom stereocenters. The molecule has 1 N–H and O–H groups in total. The minimum Gasteiger partial charge on any atom is -0.458 e. The largest absolute Gasteiger partial charge is 0.458 e. The van der Waals surface area contributed by atoms with Crippen LogP contribution >= 0.6 is 0 Å². The zero-order chi connectivity index (χ0) is 22.5. The van der Waals surface area contributed by atoms with E-state index in [9.17, 15) is 9.59 Å². The summed E-state index contributed by atoms with van der Waals surface area (Å²) in [6.07, 6.45) is 9.90. The summed E-state index contributed by atoms with van der Waals surface area (Å²) in [5.74, 6) is 1.49. The molecule has 0 saturated heterocycles. The van der Waals surface area contributed by atoms with Crippen molar-refractivity contribution < 1.29 is 14.0 Å². The van der Waals surface area contributed by atoms with Gasteiger partial charge in [-0.25, -0.2) is 0 Å². The van der Waals surface area contributed by atoms with E-state index in [-0.39, 0.29) is 30.4 Å². The highest BCUT2D eigenvalue weighted by Gasteiger charge is 2.37. The van der Waals surface area contributed by atoms with E-state index >= 15 is 0 Å². The second kappa shape index (κ2) is 10.3. The summed E-state index contributed by atoms with van der Waals surface area (Å²) in [7, 11) is 0. The standard InChI is InChI=1S/C23H34N6O3/c1-3-8-19(23(31)24-17-9-4-5-10-17)29(18-11-6-7-12-18)21(30)15-28-26-22(25-27-28)20-14-13-16(2)32-20/h13-14,17-19H,3-12,15H2,1-2H3,(H,24,31)/t19-/m1/s1. The number of nitrogens with zero attached hydrogens (tertiary/aromatic N) is 5. The Balaban J connectivity index is 1.51. The number of hydrogen-bond acceptors (Lipinski definition) is 6. The maximum absolute atomic E-state index is 13.5. The number of furan rings is 1. The lowest BCUT2D eigenvalue weighted by atomic mass is 10.0. The highest BCUT2D eigenvalue weighted by Crippen LogP contribution is 2.28. The summed E-state index contributed by atoms with van der Waals surface area (Å²) in [6, 6.07) is 3.49. The topological polar surface area (TPSA) is 106 Å². The average molecular weight is 443 g/mol. The Morgan fingerprint density at radius 1 is 1.19 bits per heavy atom. The van der Waals surface area contributed by atoms with Gasteiger partial charge in [-0.05, 0) is 56.4 Å². The maximum atomic E-state index is 13.5. The Labute approximate surface area is 188 Å². The molecule has 2 amide bonds. The van der Waals surface area contributed by atoms with Crippen molar-refractivity contribution >= 4 is 11.8 Å². The molecule has 2 aromatic heterocycles. The van der Waals surface area contributed by atoms with Gasteiger partial charge in [0.2, 0.25) is 17.6 Å². The van der Waals surface area contributed by atoms with E-state index in [1.54, 1.807) is 6.07 Å². The van der Waals surface area contributed by atoms with Crippen molar-refractivity contribution in [2.45, 2.75) is 103 Å². The fourth-order valence-corrected chi connectivity index (χ4v) is 5.02. The van der Waals surface area contributed by atoms with E-state index in [0.29, 0.717) is 18.0 Å². The maximum Gasteiger partial charge on any atom is 0.247 e. The lowest BCUT2D eigenvalue weighted by Gasteiger charge is -2.36. The molecule has 0 aliphatic heterocycles. The van der Waals surface area contributed by atoms with Crippen molar-refractivity contribution in [3.05, 3.63) is 17.9 Å². The van der Waals surface area contributed by atoms with Crippen LogP contribution in [0.4, 0.5) is 0 Å². The van der Waals surface area contributed by atoms with Crippen molar-refractivity contribution in [2.24, 2.45) is 0 Å². The molecule has 2 fully saturated rings. The summed E-state index contributed by atoms with van der Waals surface area (Å²) < 4.78 is 5.55. The van der Waals surface area contributed by atoms with E-state index in [2.05, 4.69) is 27.7 Å². The van der Waals surface area contributed by atoms with Gasteiger partial charge < -0.3 is 14.6 Å². The molecule has 0 aromatic carbocycles. The van der Waals surface area contributed by atoms with E-state index in [0.717, 1.165) is 63.5 Å². The van der Waals surface area contributed by atoms with Crippen molar-refractivity contribution in [2.75, 3.05) is 0 Å². The number of nitrogens with one attached hydrogen (secondary N) is 1. The van der Waals surface area contributed by atoms with Crippen LogP contribution in [-0.4, -0.2) is 55.0 Å². The Hall–Kier alpha value is -2.71. The number of carbonyl (C=O) groups is 2. The predicted octanol–water partition coefficient (Wildman–Crippen LogP) is 3.24. The zero-order valence-electron chi connectivity index (χ0n) is 19.1. The number of carbonyl (C=O) groups excluding carboxylic acids is 2. The van der Waals surface area contributed by atoms with Crippen LogP contribution in [-0.2, 0) is 16.1 Å². The molecule has 32 heavy (non-hydrogen) atoms. The van der Waals surface area contributed by atoms with Gasteiger partial charge in [-0.1, -0.05) is 39.0 Å². The second-order valence-electron chi connectivity index (χ2n) is 9.09. The Bertz CT molecular complexity index is 910. The number of rotatable bonds is 9. The molecule has 9 heteroatoms. The monoisotopic (exact) mass is 442 g/mol. The molecule has 0 radical (unpaired) electrons. The Morgan fingerprint density at radius 3 is 2.56 bits per heavy atom. The van der Waals surface area contributed by atoms with E-state index in [1.807, 2.05) is 17.9 Å². The fourth-order valence-electron chi connectivity index (χ4n) is 5.02. The van der Waals surface area contributed by atoms with E-state index in [1.165, 1.54) is 4.80 Å². The lowest BCUT2D eigenvalue weighted by Crippen LogP contribution is -2.55. The summed E-state index contributed by atoms with van der Waals surface area (Å²) in [4.78, 5) is 29.9. The first kappa shape index (κ1) is 22.5. The molecule has 2 aliphatic carbocycles. The fraction of sp³-hybridized carbons (Fsp3) is 0.696. The Kier molecular flexibility index (Phi) is 7.22. The molecule has 2 heterocycles. The van der Waals surface area contributed by atoms with Gasteiger partial charge in [-0.2, -0.15) is 4.80 Å². The molecule has 9 nitrogen and oxygen atoms in total. The van der Waals surface area contributed by atoms with Crippen molar-refractivity contribution in [3.63, 3.8) is 0 Å². The first-order valence-corrected chi connectivity index (χ1v) is 12.0. The van der Waals surface area contributed by atoms with Crippen LogP contribution in [0.2, 0.25) is 0 Å². The van der Waals surface area contributed by atoms with Crippen molar-refractivity contribution in [1.29, 1.82) is 0 Å². The van der Waals surface area contributed by atoms with E-state index < -0.39 is 6.04 Å². The van der Waals surface area contributed by atoms with Crippen LogP contribution in [0.1, 0.15) is 76.9 Å². The van der Waals surface area contributed by atoms with Crippen LogP contribution in [0.15, 0.2) is 16.5 Å². The van der Waals surface area contributed by atoms with Gasteiger partial charge >= 0.3 is 0 Å². The average Bonchev–Trinajstić information content (AvgIpc) is 3.56. The van der Waals surface area contributed by atoms with Crippen LogP contribution in [0.3, 0.4) is 0 Å². The summed E-state index contributed by atoms with van der Waals surface area (Å²) in [6.45, 7) is 3.87. The molecule has 0 unspecified atom stereocenters. The lowest BCUT2D eigenvalue weighted by molar-refractivity contribution is -0.144. The normalized spacial score (nSPS) is 18.2. The second-order valence-corrected chi connectivity index (χ2v) is 9.09. The van der Waals surface area contributed by atoms with Crippen LogP contribution in [0.25, 0.3) is 11.6 Å². The molecule has 2 aliphatic rings. The van der Waals surface area contributed by atoms with Crippen molar-refractivity contribution in [3.8, 4) is 11.6 Å². The minimum absolute atomic E-state index is 0.0164. The first-order chi connectivity index (χ1) is 15.5. The molecule has 2 saturated carbocycles. The molecule has 2 aromatic rings. The van der Waals surface area contributed by atoms with Gasteiger partial charge in [0.15, 0.2) is 5.76 Å². The highest BCUT2D eigenvalue weighted by atomic mass is 16.3. The summed E-state index contributed by atoms with van der Waals surface area (Å²) >= 11 is 0. The number of aromatic nitrogens is 4. The third-order valence-electron chi connectivity index (χ3n) is 6.60. The van der Waals surface area contributed by atoms with Crippen LogP contribution in [0, 0.1) is 6.92 Å². The van der Waals surface area contributed by atoms with E-state index in [4.69, 9.17) is 4.42 Å². The molecule has 174 valence electrons. The van der Waals surface area contributed by atoms with Gasteiger partial charge in [-0.15, -0.1) is 10.2 Å². The van der Waals surface area contributed by atoms with Gasteiger partial charge in [0.05, 0.1) is 0 Å². The highest BCUT2D eigenvalue weighted by molar-refractivity contribution is 5.88. The Morgan fingerprint density at radius 2 is 1.91 bits per heavy atom. The van der Waals surface area contributed by atoms with Crippen LogP contribution < -0.4 is 5.32 Å². The number of tetrazole rings is 1. The molecule has 0 spiro atoms. The van der Waals surface area contributed by atoms with Gasteiger partial charge in [-0.3, -0.25) is 9.59 Å². The molecule has 0 bridgehead atoms. The third kappa shape index (κ3) is 5.19. The van der Waals surface area contributed by atoms with Crippen molar-refractivity contribution in [1.82, 2.24) is 30.4 Å². The van der Waals surface area contributed by atoms with Gasteiger partial charge in [0.25, 0.3) is 0 Å². The molecule has 4 rings (SSSR count). The number of amides is 2. The van der Waals surface area contributed by atoms with Gasteiger partial charge in [0.1, 0.15) is 18.3 Å². The van der Waals surface area contributed by atoms with Gasteiger partial charge in [0, 0.05) is 12.1 Å². The molecular formula is C23H34N6O3. The third-order valence-corrected chi connectivity index (χ3v) is 6.60. The molecular weight excluding hydrogens is 408 g/mol. The summed E-state index contributed by atoms with van der Waals surface area (Å²) in [5, 5.41) is 15.6. The number of aryl methyl sites for hydroxylation is 1. The first-order valence-electron chi connectivity index (χ1n) is 12.0. The van der Waals surface area contributed by atoms with Crippen LogP contribution in [0.5, 0.6) is 0 Å². The quantitative estimate of drug-likeness (QED) is 0.639. The SMILES string of the molecule is CCC[C@H](C(=O)NC1CCCC1)N(C(=O)Cn1nnc(-c2ccc(C)o2)n1)C1CCCC1. The predicted molar refractivity (Wildman–Crippen MR) is 118 cm³/mol. The summed E-state index contributed by atoms with van der Waals surface area (Å²) in [5.41, 5.74) is 0. The number of hydrogen-bond donors (Lipinski definition) is 1. The smallest absolute Gasteiger partial charge is 0.247 e. The zero-order valence-corrected chi connectivity index (χ0v) is 19.1.